The molecule has 2 fully saturated rings. The summed E-state index contributed by atoms with van der Waals surface area (Å²) >= 11 is 0. The molecule has 2 rings (SSSR count). The molecule has 0 bridgehead atoms. The van der Waals surface area contributed by atoms with Crippen molar-refractivity contribution in [2.24, 2.45) is 5.73 Å². The monoisotopic (exact) mass is 341 g/mol. The third-order valence-electron chi connectivity index (χ3n) is 4.40. The van der Waals surface area contributed by atoms with Crippen molar-refractivity contribution in [1.29, 1.82) is 0 Å². The molecule has 2 saturated heterocycles. The van der Waals surface area contributed by atoms with Gasteiger partial charge >= 0.3 is 0 Å². The second kappa shape index (κ2) is 6.82. The van der Waals surface area contributed by atoms with E-state index in [4.69, 9.17) is 20.3 Å². The Morgan fingerprint density at radius 2 is 1.30 bits per heavy atom. The van der Waals surface area contributed by atoms with Crippen molar-refractivity contribution in [3.05, 3.63) is 0 Å². The Bertz CT molecular complexity index is 409. The first-order valence-electron chi connectivity index (χ1n) is 7.12. The smallest absolute Gasteiger partial charge is 0.213 e. The van der Waals surface area contributed by atoms with Gasteiger partial charge in [-0.3, -0.25) is 0 Å². The molecule has 10 atom stereocenters. The summed E-state index contributed by atoms with van der Waals surface area (Å²) in [4.78, 5) is 0. The molecule has 0 aromatic carbocycles. The maximum Gasteiger partial charge on any atom is 0.213 e. The Kier molecular flexibility index (Phi) is 5.60. The number of rotatable bonds is 3. The van der Waals surface area contributed by atoms with Gasteiger partial charge < -0.3 is 56.1 Å². The lowest BCUT2D eigenvalue weighted by Crippen LogP contribution is -2.77. The Morgan fingerprint density at radius 1 is 0.783 bits per heavy atom. The van der Waals surface area contributed by atoms with Gasteiger partial charge in [0.2, 0.25) is 5.79 Å². The largest absolute Gasteiger partial charge is 0.394 e. The molecule has 0 radical (unpaired) electrons. The Hall–Kier alpha value is -0.440. The van der Waals surface area contributed by atoms with E-state index in [2.05, 4.69) is 0 Å². The number of aliphatic hydroxyl groups excluding tert-OH is 7. The van der Waals surface area contributed by atoms with Gasteiger partial charge in [0.25, 0.3) is 0 Å². The lowest BCUT2D eigenvalue weighted by atomic mass is 9.82. The van der Waals surface area contributed by atoms with Crippen LogP contribution in [0.3, 0.4) is 0 Å². The SMILES string of the molecule is N[C@H]1[C@@H](O)[C@H](O)[C@@H](CO)OC1(O)C1O[C@H](CO)[C@@H](O)[C@H](O)[C@@H]1O. The number of hydrogen-bond donors (Lipinski definition) is 9. The van der Waals surface area contributed by atoms with Crippen LogP contribution in [0.5, 0.6) is 0 Å². The van der Waals surface area contributed by atoms with Crippen molar-refractivity contribution in [2.75, 3.05) is 13.2 Å². The van der Waals surface area contributed by atoms with Gasteiger partial charge in [-0.05, 0) is 0 Å². The highest BCUT2D eigenvalue weighted by molar-refractivity contribution is 5.07. The standard InChI is InChI=1S/C12H23NO10/c13-10-8(19)6(17)4(2-15)23-12(10,21)11-9(20)7(18)5(16)3(1-14)22-11/h3-11,14-21H,1-2,13H2/t3-,4-,5-,6-,7+,8+,9+,10+,11?,12?/m1/s1. The number of ether oxygens (including phenoxy) is 2. The van der Waals surface area contributed by atoms with E-state index in [0.29, 0.717) is 0 Å². The molecule has 10 N–H and O–H groups in total. The molecule has 136 valence electrons. The van der Waals surface area contributed by atoms with Crippen LogP contribution in [0.15, 0.2) is 0 Å². The fraction of sp³-hybridized carbons (Fsp3) is 1.00. The van der Waals surface area contributed by atoms with Gasteiger partial charge in [-0.15, -0.1) is 0 Å². The summed E-state index contributed by atoms with van der Waals surface area (Å²) in [5.41, 5.74) is 5.66. The first-order valence-corrected chi connectivity index (χ1v) is 7.12. The Labute approximate surface area is 131 Å². The van der Waals surface area contributed by atoms with Crippen LogP contribution in [0.2, 0.25) is 0 Å². The van der Waals surface area contributed by atoms with E-state index in [9.17, 15) is 35.7 Å². The van der Waals surface area contributed by atoms with Crippen LogP contribution < -0.4 is 5.73 Å². The zero-order valence-corrected chi connectivity index (χ0v) is 12.1. The van der Waals surface area contributed by atoms with Crippen molar-refractivity contribution in [2.45, 2.75) is 60.7 Å². The number of hydrogen-bond acceptors (Lipinski definition) is 11. The Balaban J connectivity index is 2.33. The van der Waals surface area contributed by atoms with E-state index in [1.54, 1.807) is 0 Å². The van der Waals surface area contributed by atoms with Gasteiger partial charge in [-0.2, -0.15) is 0 Å². The Morgan fingerprint density at radius 3 is 1.83 bits per heavy atom. The van der Waals surface area contributed by atoms with E-state index >= 15 is 0 Å². The number of aliphatic hydroxyl groups is 8. The average Bonchev–Trinajstić information content (AvgIpc) is 2.54. The van der Waals surface area contributed by atoms with Crippen LogP contribution in [-0.2, 0) is 9.47 Å². The normalized spacial score (nSPS) is 54.9. The second-order valence-corrected chi connectivity index (χ2v) is 5.85. The molecule has 0 aliphatic carbocycles. The van der Waals surface area contributed by atoms with Gasteiger partial charge in [-0.25, -0.2) is 0 Å². The summed E-state index contributed by atoms with van der Waals surface area (Å²) in [6, 6.07) is -1.67. The minimum Gasteiger partial charge on any atom is -0.394 e. The van der Waals surface area contributed by atoms with Gasteiger partial charge in [0.05, 0.1) is 19.3 Å². The van der Waals surface area contributed by atoms with Crippen molar-refractivity contribution in [3.8, 4) is 0 Å². The van der Waals surface area contributed by atoms with Crippen LogP contribution in [0.4, 0.5) is 0 Å². The van der Waals surface area contributed by atoms with Crippen molar-refractivity contribution in [3.63, 3.8) is 0 Å². The topological polar surface area (TPSA) is 206 Å². The minimum absolute atomic E-state index is 0.735. The lowest BCUT2D eigenvalue weighted by molar-refractivity contribution is -0.382. The number of nitrogens with two attached hydrogens (primary N) is 1. The molecule has 0 aromatic heterocycles. The van der Waals surface area contributed by atoms with Crippen molar-refractivity contribution < 1.29 is 50.3 Å². The predicted molar refractivity (Wildman–Crippen MR) is 70.7 cm³/mol. The van der Waals surface area contributed by atoms with Crippen molar-refractivity contribution >= 4 is 0 Å². The summed E-state index contributed by atoms with van der Waals surface area (Å²) in [5.74, 6) is -2.60. The first-order chi connectivity index (χ1) is 10.7. The average molecular weight is 341 g/mol. The molecule has 0 spiro atoms. The van der Waals surface area contributed by atoms with Crippen LogP contribution in [-0.4, -0.2) is 115 Å². The molecule has 0 aromatic rings. The molecule has 2 aliphatic rings. The highest BCUT2D eigenvalue weighted by Gasteiger charge is 2.61. The van der Waals surface area contributed by atoms with E-state index in [1.807, 2.05) is 0 Å². The third kappa shape index (κ3) is 2.99. The fourth-order valence-electron chi connectivity index (χ4n) is 2.91. The van der Waals surface area contributed by atoms with Gasteiger partial charge in [0, 0.05) is 0 Å². The lowest BCUT2D eigenvalue weighted by Gasteiger charge is -2.53. The predicted octanol–water partition coefficient (Wildman–Crippen LogP) is -6.04. The van der Waals surface area contributed by atoms with Crippen LogP contribution >= 0.6 is 0 Å². The van der Waals surface area contributed by atoms with E-state index in [-0.39, 0.29) is 0 Å². The quantitative estimate of drug-likeness (QED) is 0.236. The summed E-state index contributed by atoms with van der Waals surface area (Å²) in [6.07, 6.45) is -13.1. The van der Waals surface area contributed by atoms with Crippen LogP contribution in [0.1, 0.15) is 0 Å². The van der Waals surface area contributed by atoms with Gasteiger partial charge in [-0.1, -0.05) is 0 Å². The summed E-state index contributed by atoms with van der Waals surface area (Å²) < 4.78 is 10.3. The summed E-state index contributed by atoms with van der Waals surface area (Å²) in [6.45, 7) is -1.51. The van der Waals surface area contributed by atoms with Crippen molar-refractivity contribution in [1.82, 2.24) is 0 Å². The summed E-state index contributed by atoms with van der Waals surface area (Å²) in [5, 5.41) is 78.2. The first kappa shape index (κ1) is 18.9. The molecule has 23 heavy (non-hydrogen) atoms. The summed E-state index contributed by atoms with van der Waals surface area (Å²) in [7, 11) is 0. The van der Waals surface area contributed by atoms with E-state index in [1.165, 1.54) is 0 Å². The molecule has 0 saturated carbocycles. The van der Waals surface area contributed by atoms with Gasteiger partial charge in [0.1, 0.15) is 48.8 Å². The molecular formula is C12H23NO10. The van der Waals surface area contributed by atoms with Gasteiger partial charge in [0.15, 0.2) is 0 Å². The fourth-order valence-corrected chi connectivity index (χ4v) is 2.91. The molecule has 11 heteroatoms. The molecule has 2 aliphatic heterocycles. The van der Waals surface area contributed by atoms with E-state index in [0.717, 1.165) is 0 Å². The molecule has 11 nitrogen and oxygen atoms in total. The van der Waals surface area contributed by atoms with E-state index < -0.39 is 73.9 Å². The molecule has 0 amide bonds. The highest BCUT2D eigenvalue weighted by atomic mass is 16.7. The second-order valence-electron chi connectivity index (χ2n) is 5.85. The zero-order chi connectivity index (χ0) is 17.5. The maximum atomic E-state index is 10.7. The molecule has 2 unspecified atom stereocenters. The zero-order valence-electron chi connectivity index (χ0n) is 12.1. The third-order valence-corrected chi connectivity index (χ3v) is 4.40. The van der Waals surface area contributed by atoms with Crippen LogP contribution in [0.25, 0.3) is 0 Å². The molecular weight excluding hydrogens is 318 g/mol. The highest BCUT2D eigenvalue weighted by Crippen LogP contribution is 2.36. The minimum atomic E-state index is -2.60. The molecule has 2 heterocycles. The maximum absolute atomic E-state index is 10.7. The van der Waals surface area contributed by atoms with Crippen LogP contribution in [0, 0.1) is 0 Å².